The molecule has 1 aliphatic heterocycles. The Morgan fingerprint density at radius 1 is 1.53 bits per heavy atom. The fourth-order valence-electron chi connectivity index (χ4n) is 2.37. The molecule has 1 heterocycles. The summed E-state index contributed by atoms with van der Waals surface area (Å²) in [5.41, 5.74) is 2.42. The van der Waals surface area contributed by atoms with E-state index in [0.717, 1.165) is 13.0 Å². The Balaban J connectivity index is 2.08. The van der Waals surface area contributed by atoms with Gasteiger partial charge in [-0.15, -0.1) is 0 Å². The molecule has 2 rings (SSSR count). The molecule has 0 saturated carbocycles. The van der Waals surface area contributed by atoms with Gasteiger partial charge in [0.2, 0.25) is 5.91 Å². The van der Waals surface area contributed by atoms with Crippen molar-refractivity contribution in [3.8, 4) is 0 Å². The summed E-state index contributed by atoms with van der Waals surface area (Å²) >= 11 is 1.85. The fourth-order valence-corrected chi connectivity index (χ4v) is 2.71. The number of rotatable bonds is 5. The predicted octanol–water partition coefficient (Wildman–Crippen LogP) is 2.57. The first-order valence-electron chi connectivity index (χ1n) is 6.74. The number of hydrogen-bond acceptors (Lipinski definition) is 3. The zero-order chi connectivity index (χ0) is 13.8. The third-order valence-electron chi connectivity index (χ3n) is 3.62. The number of nitrogens with one attached hydrogen (secondary N) is 1. The first-order chi connectivity index (χ1) is 9.11. The van der Waals surface area contributed by atoms with E-state index in [9.17, 15) is 4.79 Å². The van der Waals surface area contributed by atoms with E-state index in [4.69, 9.17) is 0 Å². The van der Waals surface area contributed by atoms with Crippen LogP contribution in [0.3, 0.4) is 0 Å². The highest BCUT2D eigenvalue weighted by molar-refractivity contribution is 7.99. The van der Waals surface area contributed by atoms with Crippen LogP contribution < -0.4 is 5.32 Å². The highest BCUT2D eigenvalue weighted by Crippen LogP contribution is 2.24. The van der Waals surface area contributed by atoms with Gasteiger partial charge in [-0.05, 0) is 25.2 Å². The third kappa shape index (κ3) is 3.51. The van der Waals surface area contributed by atoms with Crippen molar-refractivity contribution >= 4 is 17.7 Å². The SMILES string of the molecule is CSC(C)CCN1C(=O)CNC1c1cccc(C)c1. The van der Waals surface area contributed by atoms with Crippen LogP contribution in [0.1, 0.15) is 30.6 Å². The van der Waals surface area contributed by atoms with Crippen LogP contribution in [0.2, 0.25) is 0 Å². The number of benzene rings is 1. The highest BCUT2D eigenvalue weighted by atomic mass is 32.2. The van der Waals surface area contributed by atoms with E-state index >= 15 is 0 Å². The Morgan fingerprint density at radius 3 is 3.00 bits per heavy atom. The monoisotopic (exact) mass is 278 g/mol. The summed E-state index contributed by atoms with van der Waals surface area (Å²) < 4.78 is 0. The molecule has 0 radical (unpaired) electrons. The van der Waals surface area contributed by atoms with E-state index in [1.54, 1.807) is 0 Å². The number of carbonyl (C=O) groups is 1. The molecule has 2 unspecified atom stereocenters. The van der Waals surface area contributed by atoms with Crippen LogP contribution in [0.25, 0.3) is 0 Å². The lowest BCUT2D eigenvalue weighted by molar-refractivity contribution is -0.128. The van der Waals surface area contributed by atoms with Crippen molar-refractivity contribution in [2.24, 2.45) is 0 Å². The molecule has 4 heteroatoms. The van der Waals surface area contributed by atoms with Crippen LogP contribution in [0.15, 0.2) is 24.3 Å². The van der Waals surface area contributed by atoms with Crippen molar-refractivity contribution in [1.29, 1.82) is 0 Å². The van der Waals surface area contributed by atoms with E-state index in [1.165, 1.54) is 11.1 Å². The quantitative estimate of drug-likeness (QED) is 0.898. The molecule has 0 aromatic heterocycles. The van der Waals surface area contributed by atoms with Crippen molar-refractivity contribution in [3.63, 3.8) is 0 Å². The molecule has 1 aromatic rings. The number of thioether (sulfide) groups is 1. The number of amides is 1. The second-order valence-corrected chi connectivity index (χ2v) is 6.40. The summed E-state index contributed by atoms with van der Waals surface area (Å²) in [5, 5.41) is 3.90. The summed E-state index contributed by atoms with van der Waals surface area (Å²) in [6.07, 6.45) is 3.20. The van der Waals surface area contributed by atoms with Crippen LogP contribution in [0, 0.1) is 6.92 Å². The molecule has 1 aliphatic rings. The molecule has 104 valence electrons. The van der Waals surface area contributed by atoms with Crippen LogP contribution in [0.4, 0.5) is 0 Å². The van der Waals surface area contributed by atoms with Crippen LogP contribution in [-0.4, -0.2) is 35.4 Å². The van der Waals surface area contributed by atoms with Gasteiger partial charge in [-0.2, -0.15) is 11.8 Å². The molecule has 3 nitrogen and oxygen atoms in total. The van der Waals surface area contributed by atoms with Crippen molar-refractivity contribution < 1.29 is 4.79 Å². The molecule has 0 bridgehead atoms. The lowest BCUT2D eigenvalue weighted by Gasteiger charge is -2.26. The average Bonchev–Trinajstić information content (AvgIpc) is 2.77. The lowest BCUT2D eigenvalue weighted by Crippen LogP contribution is -2.32. The molecule has 1 N–H and O–H groups in total. The molecule has 1 fully saturated rings. The van der Waals surface area contributed by atoms with E-state index in [1.807, 2.05) is 16.7 Å². The Hall–Kier alpha value is -1.00. The van der Waals surface area contributed by atoms with Gasteiger partial charge in [-0.3, -0.25) is 10.1 Å². The van der Waals surface area contributed by atoms with Crippen molar-refractivity contribution in [3.05, 3.63) is 35.4 Å². The normalized spacial score (nSPS) is 20.9. The van der Waals surface area contributed by atoms with Crippen molar-refractivity contribution in [2.45, 2.75) is 31.7 Å². The minimum absolute atomic E-state index is 0.0430. The van der Waals surface area contributed by atoms with Gasteiger partial charge in [0.15, 0.2) is 0 Å². The topological polar surface area (TPSA) is 32.3 Å². The van der Waals surface area contributed by atoms with Crippen LogP contribution in [-0.2, 0) is 4.79 Å². The molecular weight excluding hydrogens is 256 g/mol. The molecule has 1 aromatic carbocycles. The van der Waals surface area contributed by atoms with Crippen molar-refractivity contribution in [1.82, 2.24) is 10.2 Å². The van der Waals surface area contributed by atoms with Gasteiger partial charge in [0.1, 0.15) is 6.17 Å². The molecule has 19 heavy (non-hydrogen) atoms. The summed E-state index contributed by atoms with van der Waals surface area (Å²) in [5.74, 6) is 0.208. The highest BCUT2D eigenvalue weighted by Gasteiger charge is 2.31. The fraction of sp³-hybridized carbons (Fsp3) is 0.533. The minimum Gasteiger partial charge on any atom is -0.322 e. The van der Waals surface area contributed by atoms with Gasteiger partial charge < -0.3 is 4.90 Å². The van der Waals surface area contributed by atoms with Gasteiger partial charge in [0.05, 0.1) is 6.54 Å². The Labute approximate surface area is 119 Å². The van der Waals surface area contributed by atoms with Gasteiger partial charge in [0.25, 0.3) is 0 Å². The van der Waals surface area contributed by atoms with Gasteiger partial charge in [0, 0.05) is 11.8 Å². The third-order valence-corrected chi connectivity index (χ3v) is 4.66. The number of carbonyl (C=O) groups excluding carboxylic acids is 1. The van der Waals surface area contributed by atoms with Gasteiger partial charge in [-0.1, -0.05) is 36.8 Å². The summed E-state index contributed by atoms with van der Waals surface area (Å²) in [6, 6.07) is 8.38. The molecule has 0 aliphatic carbocycles. The maximum atomic E-state index is 12.0. The molecule has 1 saturated heterocycles. The molecular formula is C15H22N2OS. The average molecular weight is 278 g/mol. The number of aryl methyl sites for hydroxylation is 1. The Bertz CT molecular complexity index is 450. The van der Waals surface area contributed by atoms with E-state index in [0.29, 0.717) is 11.8 Å². The van der Waals surface area contributed by atoms with Crippen LogP contribution >= 0.6 is 11.8 Å². The van der Waals surface area contributed by atoms with Gasteiger partial charge >= 0.3 is 0 Å². The standard InChI is InChI=1S/C15H22N2OS/c1-11-5-4-6-13(9-11)15-16-10-14(18)17(15)8-7-12(2)19-3/h4-6,9,12,15-16H,7-8,10H2,1-3H3. The second kappa shape index (κ2) is 6.44. The summed E-state index contributed by atoms with van der Waals surface area (Å²) in [6.45, 7) is 5.57. The number of hydrogen-bond donors (Lipinski definition) is 1. The Morgan fingerprint density at radius 2 is 2.32 bits per heavy atom. The lowest BCUT2D eigenvalue weighted by atomic mass is 10.1. The first kappa shape index (κ1) is 14.4. The van der Waals surface area contributed by atoms with Crippen LogP contribution in [0.5, 0.6) is 0 Å². The number of nitrogens with zero attached hydrogens (tertiary/aromatic N) is 1. The second-order valence-electron chi connectivity index (χ2n) is 5.12. The summed E-state index contributed by atoms with van der Waals surface area (Å²) in [4.78, 5) is 14.0. The first-order valence-corrected chi connectivity index (χ1v) is 8.03. The van der Waals surface area contributed by atoms with Gasteiger partial charge in [-0.25, -0.2) is 0 Å². The van der Waals surface area contributed by atoms with Crippen molar-refractivity contribution in [2.75, 3.05) is 19.3 Å². The zero-order valence-corrected chi connectivity index (χ0v) is 12.7. The Kier molecular flexibility index (Phi) is 4.88. The maximum Gasteiger partial charge on any atom is 0.238 e. The molecule has 1 amide bonds. The zero-order valence-electron chi connectivity index (χ0n) is 11.8. The molecule has 0 spiro atoms. The smallest absolute Gasteiger partial charge is 0.238 e. The van der Waals surface area contributed by atoms with E-state index in [-0.39, 0.29) is 12.1 Å². The largest absolute Gasteiger partial charge is 0.322 e. The summed E-state index contributed by atoms with van der Waals surface area (Å²) in [7, 11) is 0. The maximum absolute atomic E-state index is 12.0. The minimum atomic E-state index is 0.0430. The van der Waals surface area contributed by atoms with E-state index in [2.05, 4.69) is 49.7 Å². The molecule has 2 atom stereocenters. The predicted molar refractivity (Wildman–Crippen MR) is 81.2 cm³/mol. The van der Waals surface area contributed by atoms with E-state index < -0.39 is 0 Å².